The number of ether oxygens (including phenoxy) is 2. The van der Waals surface area contributed by atoms with Gasteiger partial charge < -0.3 is 14.4 Å². The van der Waals surface area contributed by atoms with Gasteiger partial charge in [0.25, 0.3) is 0 Å². The number of pyridine rings is 1. The van der Waals surface area contributed by atoms with Crippen LogP contribution in [-0.4, -0.2) is 47.9 Å². The van der Waals surface area contributed by atoms with Crippen molar-refractivity contribution >= 4 is 39.6 Å². The highest BCUT2D eigenvalue weighted by Gasteiger charge is 2.66. The van der Waals surface area contributed by atoms with Crippen LogP contribution in [0.15, 0.2) is 35.6 Å². The molecule has 0 aliphatic carbocycles. The zero-order valence-electron chi connectivity index (χ0n) is 12.6. The summed E-state index contributed by atoms with van der Waals surface area (Å²) < 4.78 is 11.7. The molecule has 0 amide bonds. The number of carbonyl (C=O) groups excluding carboxylic acids is 2. The Bertz CT molecular complexity index is 781. The number of nitrogens with zero attached hydrogens (tertiary/aromatic N) is 2. The normalized spacial score (nSPS) is 32.5. The molecule has 1 spiro atoms. The molecule has 3 aliphatic heterocycles. The highest BCUT2D eigenvalue weighted by Crippen LogP contribution is 2.44. The number of hydrogen-bond acceptors (Lipinski definition) is 7. The van der Waals surface area contributed by atoms with Crippen molar-refractivity contribution in [1.82, 2.24) is 10.3 Å². The van der Waals surface area contributed by atoms with Crippen LogP contribution < -0.4 is 10.2 Å². The van der Waals surface area contributed by atoms with Crippen LogP contribution in [0.25, 0.3) is 6.08 Å². The number of halogens is 1. The number of aromatic nitrogens is 1. The average molecular weight is 392 g/mol. The summed E-state index contributed by atoms with van der Waals surface area (Å²) >= 11 is 3.38. The number of esters is 2. The molecule has 1 aromatic heterocycles. The monoisotopic (exact) mass is 391 g/mol. The number of carbonyl (C=O) groups is 2. The van der Waals surface area contributed by atoms with Gasteiger partial charge >= 0.3 is 11.9 Å². The van der Waals surface area contributed by atoms with Crippen molar-refractivity contribution in [3.8, 4) is 0 Å². The fraction of sp³-hybridized carbons (Fsp3) is 0.312. The van der Waals surface area contributed by atoms with Gasteiger partial charge in [0.2, 0.25) is 5.60 Å². The van der Waals surface area contributed by atoms with Crippen LogP contribution in [0.1, 0.15) is 5.56 Å². The van der Waals surface area contributed by atoms with E-state index in [0.717, 1.165) is 28.0 Å². The van der Waals surface area contributed by atoms with Crippen LogP contribution in [0.5, 0.6) is 0 Å². The molecule has 3 aliphatic rings. The summed E-state index contributed by atoms with van der Waals surface area (Å²) in [5.74, 6) is -1.09. The summed E-state index contributed by atoms with van der Waals surface area (Å²) in [5.41, 5.74) is 0.893. The Morgan fingerprint density at radius 1 is 1.42 bits per heavy atom. The van der Waals surface area contributed by atoms with Gasteiger partial charge in [-0.3, -0.25) is 5.32 Å². The van der Waals surface area contributed by atoms with E-state index in [2.05, 4.69) is 37.7 Å². The molecule has 3 atom stereocenters. The summed E-state index contributed by atoms with van der Waals surface area (Å²) in [6, 6.07) is 1.83. The van der Waals surface area contributed by atoms with Gasteiger partial charge in [-0.25, -0.2) is 14.6 Å². The first-order valence-electron chi connectivity index (χ1n) is 7.43. The minimum atomic E-state index is -0.876. The molecule has 8 heteroatoms. The molecule has 24 heavy (non-hydrogen) atoms. The molecule has 1 N–H and O–H groups in total. The molecule has 0 aromatic carbocycles. The van der Waals surface area contributed by atoms with Crippen molar-refractivity contribution in [3.63, 3.8) is 0 Å². The minimum absolute atomic E-state index is 0.133. The summed E-state index contributed by atoms with van der Waals surface area (Å²) in [6.07, 6.45) is 4.99. The van der Waals surface area contributed by atoms with Crippen molar-refractivity contribution in [3.05, 3.63) is 41.2 Å². The lowest BCUT2D eigenvalue weighted by atomic mass is 9.84. The third-order valence-electron chi connectivity index (χ3n) is 4.58. The predicted molar refractivity (Wildman–Crippen MR) is 89.0 cm³/mol. The van der Waals surface area contributed by atoms with Gasteiger partial charge in [-0.05, 0) is 22.0 Å². The predicted octanol–water partition coefficient (Wildman–Crippen LogP) is 1.000. The lowest BCUT2D eigenvalue weighted by Crippen LogP contribution is -2.74. The number of hydrogen-bond donors (Lipinski definition) is 1. The van der Waals surface area contributed by atoms with Crippen LogP contribution in [0.4, 0.5) is 5.69 Å². The van der Waals surface area contributed by atoms with Crippen molar-refractivity contribution in [2.75, 3.05) is 18.0 Å². The molecule has 0 radical (unpaired) electrons. The highest BCUT2D eigenvalue weighted by molar-refractivity contribution is 9.10. The van der Waals surface area contributed by atoms with Crippen molar-refractivity contribution in [1.29, 1.82) is 0 Å². The maximum atomic E-state index is 11.9. The molecule has 1 aromatic rings. The van der Waals surface area contributed by atoms with Crippen molar-refractivity contribution in [2.45, 2.75) is 17.9 Å². The number of nitrogens with one attached hydrogen (secondary N) is 1. The van der Waals surface area contributed by atoms with Gasteiger partial charge in [-0.2, -0.15) is 0 Å². The van der Waals surface area contributed by atoms with E-state index in [0.29, 0.717) is 13.1 Å². The molecule has 4 rings (SSSR count). The van der Waals surface area contributed by atoms with E-state index < -0.39 is 23.8 Å². The SMILES string of the molecule is C=Cc1cc(N2C[C@@]34OC(=O)/C=C/C(=O)OC3NC[C@@H]24)cnc1Br. The largest absolute Gasteiger partial charge is 0.446 e. The molecular weight excluding hydrogens is 378 g/mol. The van der Waals surface area contributed by atoms with E-state index in [1.807, 2.05) is 6.07 Å². The van der Waals surface area contributed by atoms with E-state index >= 15 is 0 Å². The van der Waals surface area contributed by atoms with Crippen LogP contribution in [-0.2, 0) is 19.1 Å². The zero-order chi connectivity index (χ0) is 16.9. The molecule has 4 heterocycles. The summed E-state index contributed by atoms with van der Waals surface area (Å²) in [7, 11) is 0. The first-order valence-corrected chi connectivity index (χ1v) is 8.22. The van der Waals surface area contributed by atoms with Crippen molar-refractivity contribution in [2.24, 2.45) is 0 Å². The third-order valence-corrected chi connectivity index (χ3v) is 5.24. The Balaban J connectivity index is 1.64. The number of anilines is 1. The molecule has 7 nitrogen and oxygen atoms in total. The number of rotatable bonds is 2. The van der Waals surface area contributed by atoms with Crippen LogP contribution in [0, 0.1) is 0 Å². The molecule has 0 bridgehead atoms. The van der Waals surface area contributed by atoms with E-state index in [-0.39, 0.29) is 6.04 Å². The molecule has 1 unspecified atom stereocenters. The zero-order valence-corrected chi connectivity index (χ0v) is 14.2. The Morgan fingerprint density at radius 2 is 2.21 bits per heavy atom. The summed E-state index contributed by atoms with van der Waals surface area (Å²) in [5, 5.41) is 3.12. The minimum Gasteiger partial charge on any atom is -0.446 e. The molecule has 124 valence electrons. The second kappa shape index (κ2) is 5.42. The average Bonchev–Trinajstić information content (AvgIpc) is 2.78. The molecule has 2 saturated heterocycles. The fourth-order valence-corrected chi connectivity index (χ4v) is 3.78. The second-order valence-corrected chi connectivity index (χ2v) is 6.61. The summed E-state index contributed by atoms with van der Waals surface area (Å²) in [6.45, 7) is 4.72. The third kappa shape index (κ3) is 2.17. The molecule has 0 saturated carbocycles. The van der Waals surface area contributed by atoms with Crippen LogP contribution in [0.3, 0.4) is 0 Å². The van der Waals surface area contributed by atoms with E-state index in [4.69, 9.17) is 9.47 Å². The van der Waals surface area contributed by atoms with Crippen molar-refractivity contribution < 1.29 is 19.1 Å². The topological polar surface area (TPSA) is 80.8 Å². The van der Waals surface area contributed by atoms with E-state index in [9.17, 15) is 9.59 Å². The first kappa shape index (κ1) is 15.3. The van der Waals surface area contributed by atoms with Gasteiger partial charge in [0, 0.05) is 24.3 Å². The maximum absolute atomic E-state index is 11.9. The van der Waals surface area contributed by atoms with E-state index in [1.165, 1.54) is 0 Å². The first-order chi connectivity index (χ1) is 11.5. The standard InChI is InChI=1S/C16H14BrN3O4/c1-2-9-5-10(6-18-14(9)17)20-8-16-11(20)7-19-15(16)23-12(21)3-4-13(22)24-16/h2-6,11,15,19H,1,7-8H2/b4-3+/t11-,15?,16+/m1/s1. The Labute approximate surface area is 146 Å². The Hall–Kier alpha value is -2.19. The van der Waals surface area contributed by atoms with E-state index in [1.54, 1.807) is 12.3 Å². The summed E-state index contributed by atoms with van der Waals surface area (Å²) in [4.78, 5) is 30.0. The van der Waals surface area contributed by atoms with Crippen LogP contribution in [0.2, 0.25) is 0 Å². The molecular formula is C16H14BrN3O4. The Morgan fingerprint density at radius 3 is 3.00 bits per heavy atom. The van der Waals surface area contributed by atoms with Gasteiger partial charge in [0.05, 0.1) is 24.5 Å². The Kier molecular flexibility index (Phi) is 3.47. The quantitative estimate of drug-likeness (QED) is 0.594. The maximum Gasteiger partial charge on any atom is 0.332 e. The molecule has 2 fully saturated rings. The lowest BCUT2D eigenvalue weighted by molar-refractivity contribution is -0.188. The van der Waals surface area contributed by atoms with Gasteiger partial charge in [-0.15, -0.1) is 0 Å². The lowest BCUT2D eigenvalue weighted by Gasteiger charge is -2.54. The van der Waals surface area contributed by atoms with Gasteiger partial charge in [0.15, 0.2) is 6.23 Å². The second-order valence-electron chi connectivity index (χ2n) is 5.86. The van der Waals surface area contributed by atoms with Crippen LogP contribution >= 0.6 is 15.9 Å². The van der Waals surface area contributed by atoms with Gasteiger partial charge in [0.1, 0.15) is 4.60 Å². The smallest absolute Gasteiger partial charge is 0.332 e. The fourth-order valence-electron chi connectivity index (χ4n) is 3.40. The highest BCUT2D eigenvalue weighted by atomic mass is 79.9. The van der Waals surface area contributed by atoms with Gasteiger partial charge in [-0.1, -0.05) is 12.7 Å².